The third kappa shape index (κ3) is 2.71. The average molecular weight is 266 g/mol. The second kappa shape index (κ2) is 5.23. The molecule has 0 saturated carbocycles. The van der Waals surface area contributed by atoms with Crippen molar-refractivity contribution in [1.82, 2.24) is 0 Å². The number of anilines is 1. The molecular weight excluding hydrogens is 254 g/mol. The molecule has 0 bridgehead atoms. The van der Waals surface area contributed by atoms with Crippen LogP contribution in [-0.2, 0) is 4.79 Å². The van der Waals surface area contributed by atoms with E-state index in [2.05, 4.69) is 5.32 Å². The van der Waals surface area contributed by atoms with Gasteiger partial charge in [0.2, 0.25) is 5.91 Å². The number of allylic oxidation sites excluding steroid dienone is 2. The van der Waals surface area contributed by atoms with Crippen LogP contribution in [-0.4, -0.2) is 17.0 Å². The van der Waals surface area contributed by atoms with E-state index >= 15 is 0 Å². The molecule has 0 atom stereocenters. The summed E-state index contributed by atoms with van der Waals surface area (Å²) in [5, 5.41) is 11.8. The molecule has 0 aliphatic heterocycles. The van der Waals surface area contributed by atoms with Gasteiger partial charge >= 0.3 is 5.97 Å². The van der Waals surface area contributed by atoms with E-state index in [9.17, 15) is 9.59 Å². The number of amides is 1. The molecule has 1 aliphatic carbocycles. The summed E-state index contributed by atoms with van der Waals surface area (Å²) < 4.78 is 0. The zero-order valence-electron chi connectivity index (χ0n) is 9.52. The highest BCUT2D eigenvalue weighted by molar-refractivity contribution is 6.33. The van der Waals surface area contributed by atoms with E-state index in [-0.39, 0.29) is 22.4 Å². The Balaban J connectivity index is 2.12. The van der Waals surface area contributed by atoms with Gasteiger partial charge in [-0.2, -0.15) is 0 Å². The third-order valence-electron chi connectivity index (χ3n) is 2.84. The highest BCUT2D eigenvalue weighted by Gasteiger charge is 2.19. The molecule has 0 aromatic heterocycles. The van der Waals surface area contributed by atoms with Gasteiger partial charge in [0.15, 0.2) is 0 Å². The van der Waals surface area contributed by atoms with Crippen molar-refractivity contribution in [1.29, 1.82) is 0 Å². The molecule has 0 fully saturated rings. The van der Waals surface area contributed by atoms with Crippen molar-refractivity contribution in [2.75, 3.05) is 5.32 Å². The molecular formula is C13H12ClNO3. The number of hydrogen-bond acceptors (Lipinski definition) is 2. The molecule has 0 radical (unpaired) electrons. The predicted octanol–water partition coefficient (Wildman–Crippen LogP) is 2.94. The van der Waals surface area contributed by atoms with Crippen molar-refractivity contribution in [3.63, 3.8) is 0 Å². The van der Waals surface area contributed by atoms with Gasteiger partial charge in [-0.3, -0.25) is 4.79 Å². The van der Waals surface area contributed by atoms with Crippen molar-refractivity contribution in [2.45, 2.75) is 12.8 Å². The Morgan fingerprint density at radius 1 is 1.28 bits per heavy atom. The number of nitrogens with one attached hydrogen (secondary N) is 1. The fraction of sp³-hybridized carbons (Fsp3) is 0.231. The first kappa shape index (κ1) is 12.6. The van der Waals surface area contributed by atoms with Crippen LogP contribution in [0.4, 0.5) is 5.69 Å². The molecule has 1 aromatic carbocycles. The minimum atomic E-state index is -1.11. The number of hydrogen-bond donors (Lipinski definition) is 2. The molecule has 0 saturated heterocycles. The van der Waals surface area contributed by atoms with E-state index < -0.39 is 5.97 Å². The number of carbonyl (C=O) groups is 2. The summed E-state index contributed by atoms with van der Waals surface area (Å²) in [6, 6.07) is 4.42. The van der Waals surface area contributed by atoms with Crippen LogP contribution in [0.15, 0.2) is 30.4 Å². The monoisotopic (exact) mass is 265 g/mol. The molecule has 2 N–H and O–H groups in total. The van der Waals surface area contributed by atoms with Gasteiger partial charge in [0.25, 0.3) is 0 Å². The standard InChI is InChI=1S/C13H12ClNO3/c14-11-6-5-9(7-10(11)13(17)18)15-12(16)8-3-1-2-4-8/h1-2,5-8H,3-4H2,(H,15,16)(H,17,18). The number of rotatable bonds is 3. The Labute approximate surface area is 109 Å². The zero-order valence-corrected chi connectivity index (χ0v) is 10.3. The van der Waals surface area contributed by atoms with Gasteiger partial charge in [0.1, 0.15) is 0 Å². The first-order valence-corrected chi connectivity index (χ1v) is 5.94. The maximum absolute atomic E-state index is 11.8. The summed E-state index contributed by atoms with van der Waals surface area (Å²) >= 11 is 5.75. The highest BCUT2D eigenvalue weighted by atomic mass is 35.5. The van der Waals surface area contributed by atoms with Gasteiger partial charge in [0, 0.05) is 11.6 Å². The summed E-state index contributed by atoms with van der Waals surface area (Å²) in [4.78, 5) is 22.8. The minimum Gasteiger partial charge on any atom is -0.478 e. The molecule has 0 spiro atoms. The molecule has 1 aliphatic rings. The van der Waals surface area contributed by atoms with Crippen LogP contribution in [0.5, 0.6) is 0 Å². The van der Waals surface area contributed by atoms with Crippen molar-refractivity contribution in [3.05, 3.63) is 40.9 Å². The molecule has 94 valence electrons. The van der Waals surface area contributed by atoms with Crippen LogP contribution >= 0.6 is 11.6 Å². The van der Waals surface area contributed by atoms with Crippen LogP contribution in [0.25, 0.3) is 0 Å². The average Bonchev–Trinajstić information content (AvgIpc) is 2.85. The normalized spacial score (nSPS) is 14.7. The van der Waals surface area contributed by atoms with Gasteiger partial charge in [0.05, 0.1) is 10.6 Å². The first-order chi connectivity index (χ1) is 8.58. The fourth-order valence-electron chi connectivity index (χ4n) is 1.84. The lowest BCUT2D eigenvalue weighted by Crippen LogP contribution is -2.20. The highest BCUT2D eigenvalue weighted by Crippen LogP contribution is 2.23. The Bertz CT molecular complexity index is 517. The molecule has 0 heterocycles. The largest absolute Gasteiger partial charge is 0.478 e. The van der Waals surface area contributed by atoms with E-state index in [1.54, 1.807) is 6.07 Å². The van der Waals surface area contributed by atoms with Gasteiger partial charge in [-0.15, -0.1) is 0 Å². The lowest BCUT2D eigenvalue weighted by atomic mass is 10.1. The van der Waals surface area contributed by atoms with E-state index in [0.717, 1.165) is 12.8 Å². The van der Waals surface area contributed by atoms with Gasteiger partial charge in [-0.05, 0) is 31.0 Å². The summed E-state index contributed by atoms with van der Waals surface area (Å²) in [5.74, 6) is -1.27. The smallest absolute Gasteiger partial charge is 0.337 e. The molecule has 4 nitrogen and oxygen atoms in total. The lowest BCUT2D eigenvalue weighted by molar-refractivity contribution is -0.119. The Morgan fingerprint density at radius 2 is 1.94 bits per heavy atom. The molecule has 18 heavy (non-hydrogen) atoms. The number of carboxylic acids is 1. The van der Waals surface area contributed by atoms with Crippen molar-refractivity contribution >= 4 is 29.2 Å². The second-order valence-electron chi connectivity index (χ2n) is 4.13. The Hall–Kier alpha value is -1.81. The third-order valence-corrected chi connectivity index (χ3v) is 3.17. The number of benzene rings is 1. The van der Waals surface area contributed by atoms with E-state index in [0.29, 0.717) is 5.69 Å². The topological polar surface area (TPSA) is 66.4 Å². The Morgan fingerprint density at radius 3 is 2.56 bits per heavy atom. The molecule has 2 rings (SSSR count). The summed E-state index contributed by atoms with van der Waals surface area (Å²) in [5.41, 5.74) is 0.438. The van der Waals surface area contributed by atoms with Gasteiger partial charge in [-0.1, -0.05) is 23.8 Å². The molecule has 1 aromatic rings. The van der Waals surface area contributed by atoms with Crippen molar-refractivity contribution in [2.24, 2.45) is 5.92 Å². The summed E-state index contributed by atoms with van der Waals surface area (Å²) in [6.07, 6.45) is 5.39. The Kier molecular flexibility index (Phi) is 3.67. The summed E-state index contributed by atoms with van der Waals surface area (Å²) in [7, 11) is 0. The predicted molar refractivity (Wildman–Crippen MR) is 68.9 cm³/mol. The number of carboxylic acid groups (broad SMARTS) is 1. The van der Waals surface area contributed by atoms with Crippen LogP contribution in [0.3, 0.4) is 0 Å². The van der Waals surface area contributed by atoms with Gasteiger partial charge in [-0.25, -0.2) is 4.79 Å². The zero-order chi connectivity index (χ0) is 13.1. The van der Waals surface area contributed by atoms with Crippen LogP contribution in [0, 0.1) is 5.92 Å². The van der Waals surface area contributed by atoms with Crippen LogP contribution < -0.4 is 5.32 Å². The maximum Gasteiger partial charge on any atom is 0.337 e. The molecule has 1 amide bonds. The second-order valence-corrected chi connectivity index (χ2v) is 4.54. The number of aromatic carboxylic acids is 1. The fourth-order valence-corrected chi connectivity index (χ4v) is 2.04. The minimum absolute atomic E-state index is 0.0148. The summed E-state index contributed by atoms with van der Waals surface area (Å²) in [6.45, 7) is 0. The van der Waals surface area contributed by atoms with Crippen LogP contribution in [0.2, 0.25) is 5.02 Å². The van der Waals surface area contributed by atoms with E-state index in [4.69, 9.17) is 16.7 Å². The first-order valence-electron chi connectivity index (χ1n) is 5.56. The SMILES string of the molecule is O=C(O)c1cc(NC(=O)C2CC=CC2)ccc1Cl. The van der Waals surface area contributed by atoms with Gasteiger partial charge < -0.3 is 10.4 Å². The molecule has 5 heteroatoms. The maximum atomic E-state index is 11.8. The van der Waals surface area contributed by atoms with Crippen LogP contribution in [0.1, 0.15) is 23.2 Å². The number of halogens is 1. The van der Waals surface area contributed by atoms with Crippen molar-refractivity contribution in [3.8, 4) is 0 Å². The quantitative estimate of drug-likeness (QED) is 0.826. The lowest BCUT2D eigenvalue weighted by Gasteiger charge is -2.11. The van der Waals surface area contributed by atoms with Crippen molar-refractivity contribution < 1.29 is 14.7 Å². The van der Waals surface area contributed by atoms with E-state index in [1.807, 2.05) is 12.2 Å². The number of carbonyl (C=O) groups excluding carboxylic acids is 1. The molecule has 0 unspecified atom stereocenters. The van der Waals surface area contributed by atoms with E-state index in [1.165, 1.54) is 12.1 Å².